The van der Waals surface area contributed by atoms with Gasteiger partial charge in [-0.25, -0.2) is 4.98 Å². The maximum atomic E-state index is 13.2. The molecule has 10 nitrogen and oxygen atoms in total. The molecular weight excluding hydrogens is 522 g/mol. The number of nitrogens with two attached hydrogens (primary N) is 1. The summed E-state index contributed by atoms with van der Waals surface area (Å²) in [7, 11) is 3.15. The zero-order chi connectivity index (χ0) is 25.8. The van der Waals surface area contributed by atoms with E-state index < -0.39 is 0 Å². The lowest BCUT2D eigenvalue weighted by molar-refractivity contribution is 0.0745. The number of aromatic nitrogens is 2. The average molecular weight is 554 g/mol. The lowest BCUT2D eigenvalue weighted by atomic mass is 10.1. The summed E-state index contributed by atoms with van der Waals surface area (Å²) in [4.78, 5) is 26.3. The Balaban J connectivity index is 0.00000210. The number of carbonyl (C=O) groups excluding carboxylic acids is 1. The highest BCUT2D eigenvalue weighted by molar-refractivity contribution is 5.95. The SMILES string of the molecule is COc1cc2nc(N3CCN(C(=O)c4cccc(OCc5ccccc5)c4)CC3)nc(N)c2cc1OC.Cl.O. The Bertz CT molecular complexity index is 1410. The minimum Gasteiger partial charge on any atom is -0.493 e. The van der Waals surface area contributed by atoms with Crippen LogP contribution < -0.4 is 24.8 Å². The predicted octanol–water partition coefficient (Wildman–Crippen LogP) is 3.37. The maximum Gasteiger partial charge on any atom is 0.254 e. The van der Waals surface area contributed by atoms with Crippen molar-refractivity contribution in [1.82, 2.24) is 14.9 Å². The van der Waals surface area contributed by atoms with Crippen molar-refractivity contribution in [1.29, 1.82) is 0 Å². The first kappa shape index (κ1) is 29.3. The molecular formula is C28H32ClN5O5. The zero-order valence-corrected chi connectivity index (χ0v) is 22.6. The fraction of sp³-hybridized carbons (Fsp3) is 0.250. The zero-order valence-electron chi connectivity index (χ0n) is 21.8. The molecule has 0 saturated carbocycles. The first-order valence-electron chi connectivity index (χ1n) is 12.1. The topological polar surface area (TPSA) is 135 Å². The molecule has 1 saturated heterocycles. The van der Waals surface area contributed by atoms with Gasteiger partial charge >= 0.3 is 0 Å². The fourth-order valence-electron chi connectivity index (χ4n) is 4.36. The van der Waals surface area contributed by atoms with Crippen molar-refractivity contribution in [2.75, 3.05) is 51.0 Å². The number of hydrogen-bond acceptors (Lipinski definition) is 8. The Morgan fingerprint density at radius 1 is 0.897 bits per heavy atom. The second-order valence-electron chi connectivity index (χ2n) is 8.71. The number of hydrogen-bond donors (Lipinski definition) is 1. The third kappa shape index (κ3) is 6.42. The van der Waals surface area contributed by atoms with E-state index in [1.165, 1.54) is 0 Å². The highest BCUT2D eigenvalue weighted by Gasteiger charge is 2.25. The summed E-state index contributed by atoms with van der Waals surface area (Å²) >= 11 is 0. The Labute approximate surface area is 233 Å². The summed E-state index contributed by atoms with van der Waals surface area (Å²) in [5, 5.41) is 0.699. The molecule has 1 aliphatic heterocycles. The van der Waals surface area contributed by atoms with Crippen molar-refractivity contribution in [3.8, 4) is 17.2 Å². The van der Waals surface area contributed by atoms with Crippen LogP contribution in [0.5, 0.6) is 17.2 Å². The van der Waals surface area contributed by atoms with E-state index in [2.05, 4.69) is 4.98 Å². The number of anilines is 2. The normalized spacial score (nSPS) is 12.8. The molecule has 0 atom stereocenters. The monoisotopic (exact) mass is 553 g/mol. The molecule has 11 heteroatoms. The fourth-order valence-corrected chi connectivity index (χ4v) is 4.36. The van der Waals surface area contributed by atoms with Crippen LogP contribution in [0.3, 0.4) is 0 Å². The number of nitrogen functional groups attached to an aromatic ring is 1. The van der Waals surface area contributed by atoms with E-state index in [4.69, 9.17) is 24.9 Å². The Morgan fingerprint density at radius 2 is 1.59 bits per heavy atom. The average Bonchev–Trinajstić information content (AvgIpc) is 2.95. The van der Waals surface area contributed by atoms with Gasteiger partial charge in [-0.3, -0.25) is 4.79 Å². The molecule has 5 rings (SSSR count). The summed E-state index contributed by atoms with van der Waals surface area (Å²) in [6.07, 6.45) is 0. The largest absolute Gasteiger partial charge is 0.493 e. The molecule has 0 radical (unpaired) electrons. The highest BCUT2D eigenvalue weighted by Crippen LogP contribution is 2.34. The van der Waals surface area contributed by atoms with E-state index in [1.807, 2.05) is 58.3 Å². The third-order valence-electron chi connectivity index (χ3n) is 6.40. The number of methoxy groups -OCH3 is 2. The molecule has 0 bridgehead atoms. The second kappa shape index (κ2) is 13.0. The van der Waals surface area contributed by atoms with Gasteiger partial charge in [-0.1, -0.05) is 36.4 Å². The molecule has 39 heavy (non-hydrogen) atoms. The predicted molar refractivity (Wildman–Crippen MR) is 153 cm³/mol. The van der Waals surface area contributed by atoms with Gasteiger partial charge in [0.2, 0.25) is 5.95 Å². The highest BCUT2D eigenvalue weighted by atomic mass is 35.5. The molecule has 4 aromatic rings. The molecule has 1 aliphatic rings. The van der Waals surface area contributed by atoms with Crippen molar-refractivity contribution in [3.05, 3.63) is 77.9 Å². The van der Waals surface area contributed by atoms with Gasteiger partial charge in [-0.2, -0.15) is 4.98 Å². The van der Waals surface area contributed by atoms with Gasteiger partial charge in [0.1, 0.15) is 18.2 Å². The molecule has 0 aliphatic carbocycles. The molecule has 3 aromatic carbocycles. The molecule has 0 unspecified atom stereocenters. The van der Waals surface area contributed by atoms with Crippen LogP contribution in [0.15, 0.2) is 66.7 Å². The van der Waals surface area contributed by atoms with Crippen LogP contribution in [-0.4, -0.2) is 66.6 Å². The van der Waals surface area contributed by atoms with Gasteiger partial charge in [-0.15, -0.1) is 12.4 Å². The van der Waals surface area contributed by atoms with Crippen LogP contribution in [0.1, 0.15) is 15.9 Å². The first-order valence-corrected chi connectivity index (χ1v) is 12.1. The number of halogens is 1. The van der Waals surface area contributed by atoms with Crippen LogP contribution in [0.2, 0.25) is 0 Å². The summed E-state index contributed by atoms with van der Waals surface area (Å²) < 4.78 is 16.7. The molecule has 1 fully saturated rings. The smallest absolute Gasteiger partial charge is 0.254 e. The van der Waals surface area contributed by atoms with E-state index >= 15 is 0 Å². The summed E-state index contributed by atoms with van der Waals surface area (Å²) in [6, 6.07) is 20.8. The summed E-state index contributed by atoms with van der Waals surface area (Å²) in [5.41, 5.74) is 8.60. The number of amides is 1. The Kier molecular flexibility index (Phi) is 9.75. The molecule has 0 spiro atoms. The number of ether oxygens (including phenoxy) is 3. The van der Waals surface area contributed by atoms with E-state index in [1.54, 1.807) is 32.4 Å². The van der Waals surface area contributed by atoms with Crippen molar-refractivity contribution >= 4 is 41.0 Å². The number of carbonyl (C=O) groups is 1. The number of fused-ring (bicyclic) bond motifs is 1. The number of benzene rings is 3. The van der Waals surface area contributed by atoms with Crippen LogP contribution in [0, 0.1) is 0 Å². The lowest BCUT2D eigenvalue weighted by Crippen LogP contribution is -2.49. The summed E-state index contributed by atoms with van der Waals surface area (Å²) in [5.74, 6) is 2.68. The number of rotatable bonds is 7. The molecule has 1 amide bonds. The lowest BCUT2D eigenvalue weighted by Gasteiger charge is -2.35. The third-order valence-corrected chi connectivity index (χ3v) is 6.40. The van der Waals surface area contributed by atoms with Crippen LogP contribution in [-0.2, 0) is 6.61 Å². The van der Waals surface area contributed by atoms with Gasteiger partial charge in [0.15, 0.2) is 11.5 Å². The van der Waals surface area contributed by atoms with Gasteiger partial charge in [-0.05, 0) is 29.8 Å². The Morgan fingerprint density at radius 3 is 2.28 bits per heavy atom. The van der Waals surface area contributed by atoms with Crippen LogP contribution in [0.4, 0.5) is 11.8 Å². The first-order chi connectivity index (χ1) is 18.1. The quantitative estimate of drug-likeness (QED) is 0.368. The maximum absolute atomic E-state index is 13.2. The van der Waals surface area contributed by atoms with E-state index in [-0.39, 0.29) is 23.8 Å². The van der Waals surface area contributed by atoms with E-state index in [9.17, 15) is 4.79 Å². The number of nitrogens with zero attached hydrogens (tertiary/aromatic N) is 4. The second-order valence-corrected chi connectivity index (χ2v) is 8.71. The van der Waals surface area contributed by atoms with Gasteiger partial charge in [0.05, 0.1) is 19.7 Å². The molecule has 2 heterocycles. The van der Waals surface area contributed by atoms with Crippen molar-refractivity contribution < 1.29 is 24.5 Å². The van der Waals surface area contributed by atoms with Crippen LogP contribution in [0.25, 0.3) is 10.9 Å². The van der Waals surface area contributed by atoms with Crippen molar-refractivity contribution in [3.63, 3.8) is 0 Å². The summed E-state index contributed by atoms with van der Waals surface area (Å²) in [6.45, 7) is 2.72. The van der Waals surface area contributed by atoms with Crippen molar-refractivity contribution in [2.45, 2.75) is 6.61 Å². The molecule has 206 valence electrons. The Hall–Kier alpha value is -4.28. The minimum atomic E-state index is -0.0272. The van der Waals surface area contributed by atoms with Gasteiger partial charge in [0.25, 0.3) is 5.91 Å². The van der Waals surface area contributed by atoms with Gasteiger partial charge in [0, 0.05) is 43.2 Å². The standard InChI is InChI=1S/C28H29N5O4.ClH.H2O/c1-35-24-16-22-23(17-25(24)36-2)30-28(31-26(22)29)33-13-11-32(12-14-33)27(34)20-9-6-10-21(15-20)37-18-19-7-4-3-5-8-19;;/h3-10,15-17H,11-14,18H2,1-2H3,(H2,29,30,31);1H;1H2. The van der Waals surface area contributed by atoms with E-state index in [0.29, 0.717) is 78.3 Å². The molecule has 4 N–H and O–H groups in total. The minimum absolute atomic E-state index is 0. The number of piperazine rings is 1. The van der Waals surface area contributed by atoms with Crippen LogP contribution >= 0.6 is 12.4 Å². The van der Waals surface area contributed by atoms with E-state index in [0.717, 1.165) is 5.56 Å². The molecule has 1 aromatic heterocycles. The van der Waals surface area contributed by atoms with Gasteiger partial charge < -0.3 is 35.2 Å². The van der Waals surface area contributed by atoms with Crippen molar-refractivity contribution in [2.24, 2.45) is 0 Å².